The zero-order chi connectivity index (χ0) is 12.3. The van der Waals surface area contributed by atoms with Crippen molar-refractivity contribution in [3.05, 3.63) is 39.9 Å². The third-order valence-corrected chi connectivity index (χ3v) is 1.75. The van der Waals surface area contributed by atoms with Crippen molar-refractivity contribution in [3.8, 4) is 0 Å². The lowest BCUT2D eigenvalue weighted by Crippen LogP contribution is -2.41. The Morgan fingerprint density at radius 1 is 1.31 bits per heavy atom. The molecule has 0 bridgehead atoms. The van der Waals surface area contributed by atoms with Crippen LogP contribution in [0, 0.1) is 10.1 Å². The molecule has 8 heteroatoms. The van der Waals surface area contributed by atoms with Gasteiger partial charge in [0.15, 0.2) is 0 Å². The minimum absolute atomic E-state index is 0.00116. The summed E-state index contributed by atoms with van der Waals surface area (Å²) in [5, 5.41) is 18.7. The first-order valence-electron chi connectivity index (χ1n) is 4.00. The molecule has 1 aromatic carbocycles. The van der Waals surface area contributed by atoms with Crippen molar-refractivity contribution < 1.29 is 19.6 Å². The average molecular weight is 225 g/mol. The molecule has 3 N–H and O–H groups in total. The number of amides is 2. The molecule has 0 spiro atoms. The fourth-order valence-corrected chi connectivity index (χ4v) is 0.952. The molecule has 1 rings (SSSR count). The number of nitrogens with zero attached hydrogens (tertiary/aromatic N) is 2. The standard InChI is InChI=1S/C8H7N3O5/c9-10(8(13)14)7(12)5-1-3-6(4-2-5)11(15)16/h1-4H,9H2,(H,13,14). The van der Waals surface area contributed by atoms with Crippen molar-refractivity contribution in [2.75, 3.05) is 0 Å². The SMILES string of the molecule is NN(C(=O)O)C(=O)c1ccc([N+](=O)[O-])cc1. The summed E-state index contributed by atoms with van der Waals surface area (Å²) < 4.78 is 0. The average Bonchev–Trinajstić information content (AvgIpc) is 2.27. The van der Waals surface area contributed by atoms with Gasteiger partial charge in [0.1, 0.15) is 0 Å². The van der Waals surface area contributed by atoms with Crippen LogP contribution in [-0.4, -0.2) is 27.0 Å². The van der Waals surface area contributed by atoms with E-state index >= 15 is 0 Å². The van der Waals surface area contributed by atoms with Crippen molar-refractivity contribution in [1.29, 1.82) is 0 Å². The van der Waals surface area contributed by atoms with E-state index in [9.17, 15) is 19.7 Å². The number of benzene rings is 1. The maximum Gasteiger partial charge on any atom is 0.429 e. The van der Waals surface area contributed by atoms with Crippen molar-refractivity contribution in [2.24, 2.45) is 5.84 Å². The van der Waals surface area contributed by atoms with E-state index in [1.165, 1.54) is 0 Å². The maximum absolute atomic E-state index is 11.3. The third-order valence-electron chi connectivity index (χ3n) is 1.75. The monoisotopic (exact) mass is 225 g/mol. The predicted molar refractivity (Wildman–Crippen MR) is 51.5 cm³/mol. The van der Waals surface area contributed by atoms with E-state index in [0.29, 0.717) is 0 Å². The van der Waals surface area contributed by atoms with Crippen LogP contribution >= 0.6 is 0 Å². The highest BCUT2D eigenvalue weighted by Gasteiger charge is 2.19. The lowest BCUT2D eigenvalue weighted by Gasteiger charge is -2.09. The molecule has 0 radical (unpaired) electrons. The molecule has 0 unspecified atom stereocenters. The summed E-state index contributed by atoms with van der Waals surface area (Å²) in [6.07, 6.45) is -1.61. The number of imide groups is 1. The van der Waals surface area contributed by atoms with E-state index in [4.69, 9.17) is 10.9 Å². The van der Waals surface area contributed by atoms with Gasteiger partial charge in [-0.25, -0.2) is 10.6 Å². The van der Waals surface area contributed by atoms with Gasteiger partial charge < -0.3 is 5.11 Å². The number of hydrogen-bond acceptors (Lipinski definition) is 5. The molecule has 0 heterocycles. The van der Waals surface area contributed by atoms with Gasteiger partial charge in [-0.15, -0.1) is 0 Å². The van der Waals surface area contributed by atoms with Crippen molar-refractivity contribution >= 4 is 17.7 Å². The Kier molecular flexibility index (Phi) is 3.16. The van der Waals surface area contributed by atoms with Crippen LogP contribution in [0.5, 0.6) is 0 Å². The van der Waals surface area contributed by atoms with E-state index in [-0.39, 0.29) is 16.3 Å². The van der Waals surface area contributed by atoms with Gasteiger partial charge in [-0.05, 0) is 12.1 Å². The van der Waals surface area contributed by atoms with Gasteiger partial charge in [0.05, 0.1) is 4.92 Å². The summed E-state index contributed by atoms with van der Waals surface area (Å²) in [6.45, 7) is 0. The molecule has 1 aromatic rings. The first kappa shape index (κ1) is 11.6. The van der Waals surface area contributed by atoms with Gasteiger partial charge in [0.2, 0.25) is 0 Å². The van der Waals surface area contributed by atoms with Crippen molar-refractivity contribution in [3.63, 3.8) is 0 Å². The van der Waals surface area contributed by atoms with Crippen LogP contribution in [0.15, 0.2) is 24.3 Å². The zero-order valence-electron chi connectivity index (χ0n) is 7.86. The number of carbonyl (C=O) groups excluding carboxylic acids is 1. The number of nitro groups is 1. The van der Waals surface area contributed by atoms with Crippen LogP contribution in [0.3, 0.4) is 0 Å². The molecular formula is C8H7N3O5. The van der Waals surface area contributed by atoms with Crippen LogP contribution in [0.1, 0.15) is 10.4 Å². The predicted octanol–water partition coefficient (Wildman–Crippen LogP) is 0.589. The van der Waals surface area contributed by atoms with Crippen molar-refractivity contribution in [1.82, 2.24) is 5.01 Å². The molecule has 8 nitrogen and oxygen atoms in total. The molecule has 2 amide bonds. The highest BCUT2D eigenvalue weighted by Crippen LogP contribution is 2.12. The first-order chi connectivity index (χ1) is 7.43. The lowest BCUT2D eigenvalue weighted by atomic mass is 10.2. The Labute approximate surface area is 89.0 Å². The number of nitro benzene ring substituents is 1. The van der Waals surface area contributed by atoms with E-state index in [1.807, 2.05) is 0 Å². The smallest absolute Gasteiger partial charge is 0.429 e. The molecule has 84 valence electrons. The van der Waals surface area contributed by atoms with Gasteiger partial charge in [-0.1, -0.05) is 0 Å². The van der Waals surface area contributed by atoms with Gasteiger partial charge in [-0.3, -0.25) is 14.9 Å². The first-order valence-corrected chi connectivity index (χ1v) is 4.00. The van der Waals surface area contributed by atoms with Gasteiger partial charge in [0.25, 0.3) is 11.6 Å². The molecule has 16 heavy (non-hydrogen) atoms. The summed E-state index contributed by atoms with van der Waals surface area (Å²) in [5.41, 5.74) is -0.244. The van der Waals surface area contributed by atoms with E-state index in [2.05, 4.69) is 0 Å². The van der Waals surface area contributed by atoms with Crippen molar-refractivity contribution in [2.45, 2.75) is 0 Å². The summed E-state index contributed by atoms with van der Waals surface area (Å²) >= 11 is 0. The van der Waals surface area contributed by atoms with Crippen LogP contribution in [-0.2, 0) is 0 Å². The second-order valence-corrected chi connectivity index (χ2v) is 2.76. The highest BCUT2D eigenvalue weighted by molar-refractivity contribution is 6.01. The fraction of sp³-hybridized carbons (Fsp3) is 0. The summed E-state index contributed by atoms with van der Waals surface area (Å²) in [7, 11) is 0. The van der Waals surface area contributed by atoms with Crippen LogP contribution in [0.25, 0.3) is 0 Å². The molecule has 0 aliphatic carbocycles. The number of non-ortho nitro benzene ring substituents is 1. The Balaban J connectivity index is 2.94. The largest absolute Gasteiger partial charge is 0.464 e. The number of hydrogen-bond donors (Lipinski definition) is 2. The Morgan fingerprint density at radius 2 is 1.81 bits per heavy atom. The maximum atomic E-state index is 11.3. The highest BCUT2D eigenvalue weighted by atomic mass is 16.6. The molecule has 0 aromatic heterocycles. The Bertz CT molecular complexity index is 441. The molecule has 0 atom stereocenters. The number of carbonyl (C=O) groups is 2. The molecular weight excluding hydrogens is 218 g/mol. The number of nitrogens with two attached hydrogens (primary N) is 1. The van der Waals surface area contributed by atoms with E-state index < -0.39 is 16.9 Å². The normalized spacial score (nSPS) is 9.56. The molecule has 0 fully saturated rings. The van der Waals surface area contributed by atoms with Crippen LogP contribution in [0.2, 0.25) is 0 Å². The molecule has 0 aliphatic heterocycles. The third kappa shape index (κ3) is 2.30. The number of rotatable bonds is 2. The van der Waals surface area contributed by atoms with Gasteiger partial charge in [0, 0.05) is 17.7 Å². The van der Waals surface area contributed by atoms with Gasteiger partial charge in [-0.2, -0.15) is 5.01 Å². The summed E-state index contributed by atoms with van der Waals surface area (Å²) in [5.74, 6) is 3.98. The molecule has 0 saturated carbocycles. The number of carboxylic acid groups (broad SMARTS) is 1. The van der Waals surface area contributed by atoms with Crippen LogP contribution < -0.4 is 5.84 Å². The Hall–Kier alpha value is -2.48. The fourth-order valence-electron chi connectivity index (χ4n) is 0.952. The van der Waals surface area contributed by atoms with Gasteiger partial charge >= 0.3 is 6.09 Å². The topological polar surface area (TPSA) is 127 Å². The minimum Gasteiger partial charge on any atom is -0.464 e. The second kappa shape index (κ2) is 4.36. The second-order valence-electron chi connectivity index (χ2n) is 2.76. The minimum atomic E-state index is -1.61. The van der Waals surface area contributed by atoms with Crippen LogP contribution in [0.4, 0.5) is 10.5 Å². The van der Waals surface area contributed by atoms with E-state index in [1.54, 1.807) is 0 Å². The zero-order valence-corrected chi connectivity index (χ0v) is 7.86. The quantitative estimate of drug-likeness (QED) is 0.328. The molecule has 0 saturated heterocycles. The summed E-state index contributed by atoms with van der Waals surface area (Å²) in [6, 6.07) is 4.43. The summed E-state index contributed by atoms with van der Waals surface area (Å²) in [4.78, 5) is 31.4. The van der Waals surface area contributed by atoms with E-state index in [0.717, 1.165) is 24.3 Å². The lowest BCUT2D eigenvalue weighted by molar-refractivity contribution is -0.384. The molecule has 0 aliphatic rings. The Morgan fingerprint density at radius 3 is 2.19 bits per heavy atom. The number of hydrazine groups is 1.